The van der Waals surface area contributed by atoms with Crippen molar-refractivity contribution in [3.8, 4) is 12.3 Å². The van der Waals surface area contributed by atoms with Crippen LogP contribution in [0.3, 0.4) is 0 Å². The van der Waals surface area contributed by atoms with Gasteiger partial charge in [-0.25, -0.2) is 4.68 Å². The molecule has 5 nitrogen and oxygen atoms in total. The van der Waals surface area contributed by atoms with E-state index in [0.29, 0.717) is 12.6 Å². The summed E-state index contributed by atoms with van der Waals surface area (Å²) in [6.45, 7) is 2.38. The quantitative estimate of drug-likeness (QED) is 0.436. The first-order valence-corrected chi connectivity index (χ1v) is 3.08. The molecule has 1 rings (SSSR count). The molecule has 0 spiro atoms. The lowest BCUT2D eigenvalue weighted by atomic mass is 10.7. The Kier molecular flexibility index (Phi) is 2.58. The Balaban J connectivity index is 2.40. The largest absolute Gasteiger partial charge is 0.346 e. The molecule has 1 heterocycles. The summed E-state index contributed by atoms with van der Waals surface area (Å²) in [4.78, 5) is 0. The molecular formula is C6H8N4O. The van der Waals surface area contributed by atoms with E-state index >= 15 is 0 Å². The summed E-state index contributed by atoms with van der Waals surface area (Å²) in [5.41, 5.74) is 0. The van der Waals surface area contributed by atoms with Crippen LogP contribution in [-0.4, -0.2) is 26.8 Å². The highest BCUT2D eigenvalue weighted by Gasteiger charge is 1.97. The number of aryl methyl sites for hydroxylation is 1. The minimum absolute atomic E-state index is 0.277. The van der Waals surface area contributed by atoms with Gasteiger partial charge >= 0.3 is 0 Å². The lowest BCUT2D eigenvalue weighted by molar-refractivity contribution is 0.0917. The standard InChI is InChI=1S/C6H8N4O/c1-3-4-11-5-10-6(2)7-8-9-10/h1H,4-5H2,2H3. The van der Waals surface area contributed by atoms with Gasteiger partial charge in [0.15, 0.2) is 5.82 Å². The van der Waals surface area contributed by atoms with Crippen molar-refractivity contribution in [1.29, 1.82) is 0 Å². The third-order valence-corrected chi connectivity index (χ3v) is 1.11. The van der Waals surface area contributed by atoms with Crippen LogP contribution in [0, 0.1) is 19.3 Å². The number of aromatic nitrogens is 4. The maximum atomic E-state index is 4.99. The van der Waals surface area contributed by atoms with Crippen LogP contribution in [0.25, 0.3) is 0 Å². The van der Waals surface area contributed by atoms with E-state index in [1.165, 1.54) is 4.68 Å². The molecule has 0 aliphatic rings. The van der Waals surface area contributed by atoms with Crippen molar-refractivity contribution in [2.75, 3.05) is 6.61 Å². The topological polar surface area (TPSA) is 52.8 Å². The molecule has 58 valence electrons. The average Bonchev–Trinajstić information content (AvgIpc) is 2.37. The van der Waals surface area contributed by atoms with Crippen LogP contribution in [0.1, 0.15) is 5.82 Å². The van der Waals surface area contributed by atoms with E-state index in [1.807, 2.05) is 0 Å². The van der Waals surface area contributed by atoms with Gasteiger partial charge in [0.2, 0.25) is 0 Å². The van der Waals surface area contributed by atoms with Crippen molar-refractivity contribution in [2.24, 2.45) is 0 Å². The summed E-state index contributed by atoms with van der Waals surface area (Å²) < 4.78 is 6.52. The molecular weight excluding hydrogens is 144 g/mol. The molecule has 11 heavy (non-hydrogen) atoms. The van der Waals surface area contributed by atoms with Gasteiger partial charge in [0.05, 0.1) is 0 Å². The average molecular weight is 152 g/mol. The predicted octanol–water partition coefficient (Wildman–Crippen LogP) is -0.411. The highest BCUT2D eigenvalue weighted by Crippen LogP contribution is 1.87. The Labute approximate surface area is 64.4 Å². The van der Waals surface area contributed by atoms with Crippen LogP contribution < -0.4 is 0 Å². The predicted molar refractivity (Wildman–Crippen MR) is 37.3 cm³/mol. The first kappa shape index (κ1) is 7.69. The van der Waals surface area contributed by atoms with Crippen LogP contribution in [0.5, 0.6) is 0 Å². The van der Waals surface area contributed by atoms with E-state index in [2.05, 4.69) is 21.4 Å². The SMILES string of the molecule is C#CCOCn1nnnc1C. The molecule has 1 aromatic heterocycles. The third-order valence-electron chi connectivity index (χ3n) is 1.11. The molecule has 0 unspecified atom stereocenters. The number of hydrogen-bond acceptors (Lipinski definition) is 4. The molecule has 0 saturated carbocycles. The van der Waals surface area contributed by atoms with Crippen LogP contribution in [-0.2, 0) is 11.5 Å². The van der Waals surface area contributed by atoms with Crippen molar-refractivity contribution in [1.82, 2.24) is 20.2 Å². The second kappa shape index (κ2) is 3.68. The van der Waals surface area contributed by atoms with E-state index in [4.69, 9.17) is 11.2 Å². The third kappa shape index (κ3) is 2.02. The molecule has 0 N–H and O–H groups in total. The first-order chi connectivity index (χ1) is 5.34. The van der Waals surface area contributed by atoms with E-state index in [0.717, 1.165) is 0 Å². The Morgan fingerprint density at radius 2 is 2.55 bits per heavy atom. The van der Waals surface area contributed by atoms with Crippen LogP contribution >= 0.6 is 0 Å². The van der Waals surface area contributed by atoms with Gasteiger partial charge in [-0.15, -0.1) is 11.5 Å². The van der Waals surface area contributed by atoms with Gasteiger partial charge in [-0.1, -0.05) is 5.92 Å². The minimum atomic E-state index is 0.277. The Hall–Kier alpha value is -1.41. The molecule has 0 fully saturated rings. The molecule has 1 aromatic rings. The summed E-state index contributed by atoms with van der Waals surface area (Å²) in [6, 6.07) is 0. The maximum Gasteiger partial charge on any atom is 0.150 e. The molecule has 0 aromatic carbocycles. The summed E-state index contributed by atoms with van der Waals surface area (Å²) in [5.74, 6) is 3.06. The summed E-state index contributed by atoms with van der Waals surface area (Å²) in [7, 11) is 0. The van der Waals surface area contributed by atoms with Crippen LogP contribution in [0.4, 0.5) is 0 Å². The zero-order valence-corrected chi connectivity index (χ0v) is 6.19. The fourth-order valence-corrected chi connectivity index (χ4v) is 0.560. The zero-order valence-electron chi connectivity index (χ0n) is 6.19. The van der Waals surface area contributed by atoms with E-state index in [-0.39, 0.29) is 6.61 Å². The van der Waals surface area contributed by atoms with Crippen molar-refractivity contribution in [3.05, 3.63) is 5.82 Å². The van der Waals surface area contributed by atoms with Gasteiger partial charge < -0.3 is 4.74 Å². The van der Waals surface area contributed by atoms with Crippen molar-refractivity contribution in [3.63, 3.8) is 0 Å². The molecule has 0 aliphatic carbocycles. The lowest BCUT2D eigenvalue weighted by Crippen LogP contribution is -2.06. The van der Waals surface area contributed by atoms with Gasteiger partial charge in [0.25, 0.3) is 0 Å². The molecule has 0 aliphatic heterocycles. The lowest BCUT2D eigenvalue weighted by Gasteiger charge is -1.98. The van der Waals surface area contributed by atoms with E-state index < -0.39 is 0 Å². The molecule has 0 saturated heterocycles. The molecule has 0 bridgehead atoms. The monoisotopic (exact) mass is 152 g/mol. The van der Waals surface area contributed by atoms with Gasteiger partial charge in [-0.3, -0.25) is 0 Å². The smallest absolute Gasteiger partial charge is 0.150 e. The van der Waals surface area contributed by atoms with Crippen molar-refractivity contribution < 1.29 is 4.74 Å². The second-order valence-corrected chi connectivity index (χ2v) is 1.91. The fourth-order valence-electron chi connectivity index (χ4n) is 0.560. The van der Waals surface area contributed by atoms with Gasteiger partial charge in [0.1, 0.15) is 13.3 Å². The van der Waals surface area contributed by atoms with Gasteiger partial charge in [-0.2, -0.15) is 0 Å². The van der Waals surface area contributed by atoms with Crippen molar-refractivity contribution >= 4 is 0 Å². The fraction of sp³-hybridized carbons (Fsp3) is 0.500. The highest BCUT2D eigenvalue weighted by atomic mass is 16.5. The highest BCUT2D eigenvalue weighted by molar-refractivity contribution is 4.82. The van der Waals surface area contributed by atoms with E-state index in [9.17, 15) is 0 Å². The van der Waals surface area contributed by atoms with E-state index in [1.54, 1.807) is 6.92 Å². The normalized spacial score (nSPS) is 9.45. The molecule has 5 heteroatoms. The Morgan fingerprint density at radius 3 is 3.09 bits per heavy atom. The first-order valence-electron chi connectivity index (χ1n) is 3.08. The van der Waals surface area contributed by atoms with Gasteiger partial charge in [0, 0.05) is 0 Å². The number of hydrogen-bond donors (Lipinski definition) is 0. The van der Waals surface area contributed by atoms with Crippen LogP contribution in [0.2, 0.25) is 0 Å². The number of rotatable bonds is 3. The number of ether oxygens (including phenoxy) is 1. The second-order valence-electron chi connectivity index (χ2n) is 1.91. The molecule has 0 radical (unpaired) electrons. The summed E-state index contributed by atoms with van der Waals surface area (Å²) in [6.07, 6.45) is 4.97. The Morgan fingerprint density at radius 1 is 1.73 bits per heavy atom. The summed E-state index contributed by atoms with van der Waals surface area (Å²) in [5, 5.41) is 10.7. The van der Waals surface area contributed by atoms with Crippen molar-refractivity contribution in [2.45, 2.75) is 13.7 Å². The zero-order chi connectivity index (χ0) is 8.10. The molecule has 0 atom stereocenters. The van der Waals surface area contributed by atoms with Crippen LogP contribution in [0.15, 0.2) is 0 Å². The minimum Gasteiger partial charge on any atom is -0.346 e. The number of terminal acetylenes is 1. The van der Waals surface area contributed by atoms with Gasteiger partial charge in [-0.05, 0) is 17.4 Å². The molecule has 0 amide bonds. The number of nitrogens with zero attached hydrogens (tertiary/aromatic N) is 4. The summed E-state index contributed by atoms with van der Waals surface area (Å²) >= 11 is 0. The maximum absolute atomic E-state index is 4.99. The number of tetrazole rings is 1. The Bertz CT molecular complexity index is 262.